The van der Waals surface area contributed by atoms with Crippen molar-refractivity contribution < 1.29 is 9.90 Å². The summed E-state index contributed by atoms with van der Waals surface area (Å²) in [6.07, 6.45) is 5.88. The maximum Gasteiger partial charge on any atom is 0.306 e. The van der Waals surface area contributed by atoms with Gasteiger partial charge in [0.25, 0.3) is 0 Å². The Labute approximate surface area is 92.7 Å². The van der Waals surface area contributed by atoms with E-state index in [0.29, 0.717) is 6.42 Å². The standard InChI is InChI=1S/C13H22O2/c1-10(2)6-5-7-11(3)8-9-12(4)13(14)15/h8,12H,1,5-7,9H2,2-4H3,(H,14,15). The second-order valence-electron chi connectivity index (χ2n) is 4.34. The second-order valence-corrected chi connectivity index (χ2v) is 4.34. The predicted octanol–water partition coefficient (Wildman–Crippen LogP) is 3.79. The molecular formula is C13H22O2. The third-order valence-corrected chi connectivity index (χ3v) is 2.42. The molecule has 2 heteroatoms. The Balaban J connectivity index is 3.79. The lowest BCUT2D eigenvalue weighted by atomic mass is 10.0. The summed E-state index contributed by atoms with van der Waals surface area (Å²) in [5, 5.41) is 8.70. The van der Waals surface area contributed by atoms with Crippen LogP contribution in [-0.4, -0.2) is 11.1 Å². The van der Waals surface area contributed by atoms with Gasteiger partial charge in [-0.1, -0.05) is 24.1 Å². The maximum absolute atomic E-state index is 10.6. The van der Waals surface area contributed by atoms with Crippen molar-refractivity contribution in [2.75, 3.05) is 0 Å². The molecule has 0 saturated carbocycles. The summed E-state index contributed by atoms with van der Waals surface area (Å²) in [5.74, 6) is -0.998. The van der Waals surface area contributed by atoms with Crippen molar-refractivity contribution in [3.05, 3.63) is 23.8 Å². The lowest BCUT2D eigenvalue weighted by Gasteiger charge is -2.04. The molecular weight excluding hydrogens is 188 g/mol. The van der Waals surface area contributed by atoms with Gasteiger partial charge >= 0.3 is 5.97 Å². The van der Waals surface area contributed by atoms with Crippen molar-refractivity contribution in [2.24, 2.45) is 5.92 Å². The van der Waals surface area contributed by atoms with E-state index in [9.17, 15) is 4.79 Å². The third-order valence-electron chi connectivity index (χ3n) is 2.42. The summed E-state index contributed by atoms with van der Waals surface area (Å²) in [6, 6.07) is 0. The molecule has 0 heterocycles. The van der Waals surface area contributed by atoms with E-state index < -0.39 is 5.97 Å². The zero-order chi connectivity index (χ0) is 11.8. The van der Waals surface area contributed by atoms with E-state index in [2.05, 4.69) is 13.5 Å². The van der Waals surface area contributed by atoms with Gasteiger partial charge in [-0.05, 0) is 39.5 Å². The molecule has 1 N–H and O–H groups in total. The van der Waals surface area contributed by atoms with Gasteiger partial charge < -0.3 is 5.11 Å². The van der Waals surface area contributed by atoms with E-state index >= 15 is 0 Å². The molecule has 0 saturated heterocycles. The molecule has 0 aliphatic carbocycles. The molecule has 0 bridgehead atoms. The highest BCUT2D eigenvalue weighted by molar-refractivity contribution is 5.69. The van der Waals surface area contributed by atoms with Crippen LogP contribution >= 0.6 is 0 Å². The molecule has 0 rings (SSSR count). The highest BCUT2D eigenvalue weighted by Gasteiger charge is 2.08. The highest BCUT2D eigenvalue weighted by atomic mass is 16.4. The smallest absolute Gasteiger partial charge is 0.306 e. The van der Waals surface area contributed by atoms with Gasteiger partial charge in [0.2, 0.25) is 0 Å². The van der Waals surface area contributed by atoms with E-state index in [1.165, 1.54) is 11.1 Å². The molecule has 0 amide bonds. The number of rotatable bonds is 7. The van der Waals surface area contributed by atoms with Crippen molar-refractivity contribution in [2.45, 2.75) is 46.5 Å². The zero-order valence-corrected chi connectivity index (χ0v) is 10.0. The minimum atomic E-state index is -0.721. The van der Waals surface area contributed by atoms with E-state index in [4.69, 9.17) is 5.11 Å². The third kappa shape index (κ3) is 7.98. The quantitative estimate of drug-likeness (QED) is 0.649. The fourth-order valence-electron chi connectivity index (χ4n) is 1.25. The minimum Gasteiger partial charge on any atom is -0.481 e. The Bertz CT molecular complexity index is 251. The molecule has 0 aromatic carbocycles. The van der Waals surface area contributed by atoms with Gasteiger partial charge in [0, 0.05) is 0 Å². The van der Waals surface area contributed by atoms with Gasteiger partial charge in [0.1, 0.15) is 0 Å². The predicted molar refractivity (Wildman–Crippen MR) is 63.8 cm³/mol. The Hall–Kier alpha value is -1.05. The summed E-state index contributed by atoms with van der Waals surface area (Å²) in [5.41, 5.74) is 2.49. The SMILES string of the molecule is C=C(C)CCCC(C)=CCC(C)C(=O)O. The summed E-state index contributed by atoms with van der Waals surface area (Å²) in [6.45, 7) is 9.68. The summed E-state index contributed by atoms with van der Waals surface area (Å²) in [4.78, 5) is 10.6. The van der Waals surface area contributed by atoms with Gasteiger partial charge in [-0.3, -0.25) is 4.79 Å². The average Bonchev–Trinajstić information content (AvgIpc) is 2.13. The number of carboxylic acid groups (broad SMARTS) is 1. The summed E-state index contributed by atoms with van der Waals surface area (Å²) >= 11 is 0. The summed E-state index contributed by atoms with van der Waals surface area (Å²) in [7, 11) is 0. The number of aliphatic carboxylic acids is 1. The molecule has 0 aromatic heterocycles. The molecule has 15 heavy (non-hydrogen) atoms. The first kappa shape index (κ1) is 13.9. The van der Waals surface area contributed by atoms with Crippen molar-refractivity contribution >= 4 is 5.97 Å². The van der Waals surface area contributed by atoms with Crippen LogP contribution in [0.2, 0.25) is 0 Å². The van der Waals surface area contributed by atoms with Gasteiger partial charge in [-0.25, -0.2) is 0 Å². The Morgan fingerprint density at radius 2 is 2.00 bits per heavy atom. The molecule has 1 atom stereocenters. The van der Waals surface area contributed by atoms with Crippen molar-refractivity contribution in [1.29, 1.82) is 0 Å². The number of hydrogen-bond donors (Lipinski definition) is 1. The Morgan fingerprint density at radius 1 is 1.40 bits per heavy atom. The van der Waals surface area contributed by atoms with Crippen LogP contribution in [-0.2, 0) is 4.79 Å². The average molecular weight is 210 g/mol. The Morgan fingerprint density at radius 3 is 2.47 bits per heavy atom. The van der Waals surface area contributed by atoms with Crippen LogP contribution in [0.25, 0.3) is 0 Å². The second kappa shape index (κ2) is 7.27. The molecule has 0 aliphatic rings. The lowest BCUT2D eigenvalue weighted by Crippen LogP contribution is -2.07. The van der Waals surface area contributed by atoms with E-state index in [-0.39, 0.29) is 5.92 Å². The van der Waals surface area contributed by atoms with Gasteiger partial charge in [-0.2, -0.15) is 0 Å². The van der Waals surface area contributed by atoms with Crippen LogP contribution in [0.4, 0.5) is 0 Å². The van der Waals surface area contributed by atoms with E-state index in [1.54, 1.807) is 6.92 Å². The van der Waals surface area contributed by atoms with Crippen LogP contribution < -0.4 is 0 Å². The lowest BCUT2D eigenvalue weighted by molar-refractivity contribution is -0.140. The monoisotopic (exact) mass is 210 g/mol. The largest absolute Gasteiger partial charge is 0.481 e. The van der Waals surface area contributed by atoms with Crippen LogP contribution in [0, 0.1) is 5.92 Å². The number of carboxylic acids is 1. The first-order chi connectivity index (χ1) is 6.93. The fourth-order valence-corrected chi connectivity index (χ4v) is 1.25. The molecule has 2 nitrogen and oxygen atoms in total. The summed E-state index contributed by atoms with van der Waals surface area (Å²) < 4.78 is 0. The molecule has 86 valence electrons. The van der Waals surface area contributed by atoms with Crippen molar-refractivity contribution in [3.8, 4) is 0 Å². The number of allylic oxidation sites excluding steroid dienone is 3. The van der Waals surface area contributed by atoms with Crippen LogP contribution in [0.15, 0.2) is 23.8 Å². The maximum atomic E-state index is 10.6. The normalized spacial score (nSPS) is 13.7. The van der Waals surface area contributed by atoms with Gasteiger partial charge in [0.15, 0.2) is 0 Å². The van der Waals surface area contributed by atoms with Gasteiger partial charge in [0.05, 0.1) is 5.92 Å². The van der Waals surface area contributed by atoms with Gasteiger partial charge in [-0.15, -0.1) is 6.58 Å². The first-order valence-corrected chi connectivity index (χ1v) is 5.46. The zero-order valence-electron chi connectivity index (χ0n) is 10.0. The van der Waals surface area contributed by atoms with Crippen LogP contribution in [0.1, 0.15) is 46.5 Å². The molecule has 0 spiro atoms. The molecule has 0 aliphatic heterocycles. The fraction of sp³-hybridized carbons (Fsp3) is 0.615. The van der Waals surface area contributed by atoms with E-state index in [0.717, 1.165) is 19.3 Å². The van der Waals surface area contributed by atoms with Crippen molar-refractivity contribution in [1.82, 2.24) is 0 Å². The Kier molecular flexibility index (Phi) is 6.76. The molecule has 1 unspecified atom stereocenters. The molecule has 0 radical (unpaired) electrons. The molecule has 0 aromatic rings. The number of carbonyl (C=O) groups is 1. The highest BCUT2D eigenvalue weighted by Crippen LogP contribution is 2.13. The van der Waals surface area contributed by atoms with Crippen LogP contribution in [0.3, 0.4) is 0 Å². The minimum absolute atomic E-state index is 0.277. The van der Waals surface area contributed by atoms with E-state index in [1.807, 2.05) is 13.0 Å². The van der Waals surface area contributed by atoms with Crippen molar-refractivity contribution in [3.63, 3.8) is 0 Å². The molecule has 0 fully saturated rings. The number of hydrogen-bond acceptors (Lipinski definition) is 1. The topological polar surface area (TPSA) is 37.3 Å². The van der Waals surface area contributed by atoms with Crippen LogP contribution in [0.5, 0.6) is 0 Å². The first-order valence-electron chi connectivity index (χ1n) is 5.46.